The van der Waals surface area contributed by atoms with Gasteiger partial charge in [0.05, 0.1) is 0 Å². The van der Waals surface area contributed by atoms with E-state index in [0.717, 1.165) is 103 Å². The topological polar surface area (TPSA) is 78.9 Å². The number of ether oxygens (including phenoxy) is 3. The first-order valence-corrected chi connectivity index (χ1v) is 24.3. The van der Waals surface area contributed by atoms with Gasteiger partial charge in [0, 0.05) is 19.3 Å². The van der Waals surface area contributed by atoms with Gasteiger partial charge in [0.1, 0.15) is 13.2 Å². The van der Waals surface area contributed by atoms with Crippen LogP contribution in [0.15, 0.2) is 170 Å². The maximum absolute atomic E-state index is 12.8. The fourth-order valence-corrected chi connectivity index (χ4v) is 5.68. The zero-order valence-electron chi connectivity index (χ0n) is 40.0. The molecule has 0 saturated heterocycles. The van der Waals surface area contributed by atoms with Crippen LogP contribution in [0.25, 0.3) is 0 Å². The Kier molecular flexibility index (Phi) is 46.3. The van der Waals surface area contributed by atoms with E-state index in [0.29, 0.717) is 19.3 Å². The second-order valence-corrected chi connectivity index (χ2v) is 15.1. The lowest BCUT2D eigenvalue weighted by Gasteiger charge is -2.18. The van der Waals surface area contributed by atoms with Crippen LogP contribution in [-0.4, -0.2) is 37.2 Å². The molecule has 0 N–H and O–H groups in total. The summed E-state index contributed by atoms with van der Waals surface area (Å²) < 4.78 is 16.7. The first-order chi connectivity index (χ1) is 31.5. The van der Waals surface area contributed by atoms with Crippen LogP contribution >= 0.6 is 0 Å². The molecule has 6 heteroatoms. The quantitative estimate of drug-likeness (QED) is 0.0201. The van der Waals surface area contributed by atoms with E-state index in [1.807, 2.05) is 109 Å². The van der Waals surface area contributed by atoms with Gasteiger partial charge < -0.3 is 14.2 Å². The van der Waals surface area contributed by atoms with Crippen molar-refractivity contribution in [3.8, 4) is 0 Å². The highest BCUT2D eigenvalue weighted by Gasteiger charge is 2.19. The average molecular weight is 877 g/mol. The minimum Gasteiger partial charge on any atom is -0.462 e. The Balaban J connectivity index is 4.65. The fourth-order valence-electron chi connectivity index (χ4n) is 5.68. The van der Waals surface area contributed by atoms with Gasteiger partial charge in [0.15, 0.2) is 6.10 Å². The Hall–Kier alpha value is -5.23. The zero-order valence-corrected chi connectivity index (χ0v) is 40.0. The maximum atomic E-state index is 12.8. The second kappa shape index (κ2) is 50.4. The molecule has 352 valence electrons. The van der Waals surface area contributed by atoms with Crippen molar-refractivity contribution in [2.24, 2.45) is 0 Å². The van der Waals surface area contributed by atoms with Crippen LogP contribution in [0.5, 0.6) is 0 Å². The molecule has 0 aliphatic carbocycles. The Bertz CT molecular complexity index is 1570. The van der Waals surface area contributed by atoms with Crippen LogP contribution in [0, 0.1) is 0 Å². The Morgan fingerprint density at radius 2 is 0.641 bits per heavy atom. The minimum atomic E-state index is -0.837. The number of allylic oxidation sites excluding steroid dienone is 28. The zero-order chi connectivity index (χ0) is 46.5. The molecule has 6 nitrogen and oxygen atoms in total. The lowest BCUT2D eigenvalue weighted by Crippen LogP contribution is -2.30. The molecule has 0 fully saturated rings. The molecule has 0 spiro atoms. The molecule has 0 amide bonds. The summed E-state index contributed by atoms with van der Waals surface area (Å²) in [5, 5.41) is 0. The van der Waals surface area contributed by atoms with Gasteiger partial charge in [-0.2, -0.15) is 0 Å². The summed E-state index contributed by atoms with van der Waals surface area (Å²) >= 11 is 0. The van der Waals surface area contributed by atoms with Crippen molar-refractivity contribution in [2.45, 2.75) is 162 Å². The molecule has 0 radical (unpaired) electrons. The summed E-state index contributed by atoms with van der Waals surface area (Å²) in [6.45, 7) is 6.10. The van der Waals surface area contributed by atoms with Crippen molar-refractivity contribution in [1.29, 1.82) is 0 Å². The third-order valence-electron chi connectivity index (χ3n) is 9.24. The lowest BCUT2D eigenvalue weighted by atomic mass is 10.1. The number of carbonyl (C=O) groups is 3. The Labute approximate surface area is 390 Å². The van der Waals surface area contributed by atoms with E-state index in [4.69, 9.17) is 14.2 Å². The molecular weight excluding hydrogens is 793 g/mol. The molecule has 0 bridgehead atoms. The second-order valence-electron chi connectivity index (χ2n) is 15.1. The number of rotatable bonds is 40. The van der Waals surface area contributed by atoms with Crippen molar-refractivity contribution in [3.63, 3.8) is 0 Å². The van der Waals surface area contributed by atoms with Crippen molar-refractivity contribution >= 4 is 17.9 Å². The average Bonchev–Trinajstić information content (AvgIpc) is 3.29. The molecule has 0 aliphatic heterocycles. The first kappa shape index (κ1) is 58.8. The van der Waals surface area contributed by atoms with Gasteiger partial charge >= 0.3 is 17.9 Å². The number of unbranched alkanes of at least 4 members (excludes halogenated alkanes) is 10. The number of carbonyl (C=O) groups excluding carboxylic acids is 3. The molecule has 0 saturated carbocycles. The SMILES string of the molecule is CC\C=C/C=C\C=C/C=C\C=C/CCCCCC(=O)OC(COC(=O)CCCCC\C=C/C=C/C=C\C=C/C=C\C=C/CC)COC(=O)CCCCCC/C=C\C/C=C\C/C=C\CC. The van der Waals surface area contributed by atoms with Crippen molar-refractivity contribution in [1.82, 2.24) is 0 Å². The van der Waals surface area contributed by atoms with Crippen molar-refractivity contribution < 1.29 is 28.6 Å². The molecule has 0 aromatic carbocycles. The van der Waals surface area contributed by atoms with Crippen LogP contribution in [0.4, 0.5) is 0 Å². The first-order valence-electron chi connectivity index (χ1n) is 24.3. The van der Waals surface area contributed by atoms with Gasteiger partial charge in [0.25, 0.3) is 0 Å². The molecule has 64 heavy (non-hydrogen) atoms. The van der Waals surface area contributed by atoms with Gasteiger partial charge in [0.2, 0.25) is 0 Å². The van der Waals surface area contributed by atoms with E-state index in [1.165, 1.54) is 0 Å². The largest absolute Gasteiger partial charge is 0.462 e. The summed E-state index contributed by atoms with van der Waals surface area (Å²) in [5.74, 6) is -1.06. The van der Waals surface area contributed by atoms with E-state index in [1.54, 1.807) is 0 Å². The monoisotopic (exact) mass is 877 g/mol. The summed E-state index contributed by atoms with van der Waals surface area (Å²) in [5.41, 5.74) is 0. The van der Waals surface area contributed by atoms with Gasteiger partial charge in [-0.25, -0.2) is 0 Å². The van der Waals surface area contributed by atoms with E-state index in [9.17, 15) is 14.4 Å². The van der Waals surface area contributed by atoms with E-state index < -0.39 is 6.10 Å². The highest BCUT2D eigenvalue weighted by molar-refractivity contribution is 5.71. The molecular formula is C58H84O6. The molecule has 0 aliphatic rings. The van der Waals surface area contributed by atoms with Crippen molar-refractivity contribution in [2.75, 3.05) is 13.2 Å². The van der Waals surface area contributed by atoms with E-state index in [2.05, 4.69) is 81.5 Å². The third-order valence-corrected chi connectivity index (χ3v) is 9.24. The van der Waals surface area contributed by atoms with Gasteiger partial charge in [-0.1, -0.05) is 217 Å². The van der Waals surface area contributed by atoms with E-state index in [-0.39, 0.29) is 44.0 Å². The summed E-state index contributed by atoms with van der Waals surface area (Å²) in [7, 11) is 0. The smallest absolute Gasteiger partial charge is 0.306 e. The fraction of sp³-hybridized carbons (Fsp3) is 0.466. The molecule has 0 rings (SSSR count). The molecule has 0 heterocycles. The van der Waals surface area contributed by atoms with E-state index >= 15 is 0 Å². The Morgan fingerprint density at radius 1 is 0.328 bits per heavy atom. The summed E-state index contributed by atoms with van der Waals surface area (Å²) in [4.78, 5) is 37.9. The number of hydrogen-bond acceptors (Lipinski definition) is 6. The minimum absolute atomic E-state index is 0.132. The van der Waals surface area contributed by atoms with Gasteiger partial charge in [-0.05, 0) is 89.9 Å². The molecule has 0 aromatic rings. The van der Waals surface area contributed by atoms with Crippen LogP contribution in [0.3, 0.4) is 0 Å². The normalized spacial score (nSPS) is 13.6. The highest BCUT2D eigenvalue weighted by atomic mass is 16.6. The standard InChI is InChI=1S/C58H84O6/c1-4-7-10-13-16-19-22-25-28-29-31-33-36-39-42-45-48-51-57(60)63-54-55(53-62-56(59)50-47-44-41-38-35-32-27-24-21-18-15-12-9-6-3)64-58(61)52-49-46-43-40-37-34-30-26-23-20-17-14-11-8-5-2/h7-14,16-23,25-34,36-37,55H,4-6,15,24,35,38-54H2,1-3H3/b10-7-,11-8-,12-9-,16-13-,17-14-,21-18-,22-19-,23-20-,28-25-,30-26-,31-29+,32-27-,36-33-,37-34-. The van der Waals surface area contributed by atoms with Gasteiger partial charge in [-0.15, -0.1) is 0 Å². The molecule has 0 aromatic heterocycles. The van der Waals surface area contributed by atoms with Crippen LogP contribution in [-0.2, 0) is 28.6 Å². The van der Waals surface area contributed by atoms with Crippen LogP contribution < -0.4 is 0 Å². The van der Waals surface area contributed by atoms with Crippen molar-refractivity contribution in [3.05, 3.63) is 170 Å². The third kappa shape index (κ3) is 47.8. The summed E-state index contributed by atoms with van der Waals surface area (Å²) in [6.07, 6.45) is 74.7. The van der Waals surface area contributed by atoms with Gasteiger partial charge in [-0.3, -0.25) is 14.4 Å². The van der Waals surface area contributed by atoms with Crippen LogP contribution in [0.1, 0.15) is 156 Å². The molecule has 1 unspecified atom stereocenters. The predicted molar refractivity (Wildman–Crippen MR) is 274 cm³/mol. The predicted octanol–water partition coefficient (Wildman–Crippen LogP) is 16.0. The van der Waals surface area contributed by atoms with Crippen LogP contribution in [0.2, 0.25) is 0 Å². The number of esters is 3. The maximum Gasteiger partial charge on any atom is 0.306 e. The summed E-state index contributed by atoms with van der Waals surface area (Å²) in [6, 6.07) is 0. The Morgan fingerprint density at radius 3 is 1.06 bits per heavy atom. The lowest BCUT2D eigenvalue weighted by molar-refractivity contribution is -0.167. The highest BCUT2D eigenvalue weighted by Crippen LogP contribution is 2.11. The number of hydrogen-bond donors (Lipinski definition) is 0. The molecule has 1 atom stereocenters.